The highest BCUT2D eigenvalue weighted by atomic mass is 19.4. The number of halogens is 4. The highest BCUT2D eigenvalue weighted by Gasteiger charge is 2.54. The molecule has 10 heteroatoms. The summed E-state index contributed by atoms with van der Waals surface area (Å²) >= 11 is 0. The number of carbonyl (C=O) groups excluding carboxylic acids is 1. The average molecular weight is 351 g/mol. The third-order valence-corrected chi connectivity index (χ3v) is 3.81. The average Bonchev–Trinajstić information content (AvgIpc) is 2.70. The number of anilines is 1. The van der Waals surface area contributed by atoms with Gasteiger partial charge in [0.1, 0.15) is 5.82 Å². The molecule has 1 aromatic rings. The number of ether oxygens (including phenoxy) is 1. The lowest BCUT2D eigenvalue weighted by Crippen LogP contribution is -2.39. The summed E-state index contributed by atoms with van der Waals surface area (Å²) in [5.74, 6) is -0.299. The summed E-state index contributed by atoms with van der Waals surface area (Å²) in [6, 6.07) is 0.933. The molecule has 0 spiro atoms. The Bertz CT molecular complexity index is 624. The van der Waals surface area contributed by atoms with Crippen LogP contribution < -0.4 is 4.90 Å². The van der Waals surface area contributed by atoms with Gasteiger partial charge >= 0.3 is 12.2 Å². The lowest BCUT2D eigenvalue weighted by molar-refractivity contribution is -0.228. The molecule has 0 aliphatic carbocycles. The number of aliphatic hydroxyl groups excluding tert-OH is 1. The Kier molecular flexibility index (Phi) is 4.73. The molecule has 0 saturated carbocycles. The number of alkyl halides is 4. The first-order chi connectivity index (χ1) is 11.0. The number of likely N-dealkylation sites (N-methyl/N-ethyl adjacent to an activating group) is 1. The lowest BCUT2D eigenvalue weighted by Gasteiger charge is -2.26. The van der Waals surface area contributed by atoms with Crippen molar-refractivity contribution in [1.82, 2.24) is 9.88 Å². The van der Waals surface area contributed by atoms with Gasteiger partial charge in [-0.15, -0.1) is 0 Å². The van der Waals surface area contributed by atoms with E-state index in [0.29, 0.717) is 6.92 Å². The van der Waals surface area contributed by atoms with Crippen molar-refractivity contribution in [3.8, 4) is 0 Å². The van der Waals surface area contributed by atoms with Crippen molar-refractivity contribution in [3.05, 3.63) is 23.9 Å². The van der Waals surface area contributed by atoms with Gasteiger partial charge in [-0.25, -0.2) is 19.1 Å². The summed E-state index contributed by atoms with van der Waals surface area (Å²) in [4.78, 5) is 17.8. The molecule has 2 heterocycles. The van der Waals surface area contributed by atoms with Gasteiger partial charge in [-0.1, -0.05) is 0 Å². The molecule has 24 heavy (non-hydrogen) atoms. The van der Waals surface area contributed by atoms with Gasteiger partial charge in [0.05, 0.1) is 0 Å². The molecule has 3 unspecified atom stereocenters. The second-order valence-corrected chi connectivity index (χ2v) is 5.43. The van der Waals surface area contributed by atoms with Crippen LogP contribution in [-0.4, -0.2) is 53.3 Å². The minimum absolute atomic E-state index is 0.206. The fourth-order valence-corrected chi connectivity index (χ4v) is 2.33. The van der Waals surface area contributed by atoms with Crippen LogP contribution in [0.3, 0.4) is 0 Å². The zero-order valence-electron chi connectivity index (χ0n) is 13.2. The van der Waals surface area contributed by atoms with E-state index in [1.54, 1.807) is 6.92 Å². The van der Waals surface area contributed by atoms with Crippen LogP contribution in [0.25, 0.3) is 0 Å². The first-order valence-corrected chi connectivity index (χ1v) is 7.10. The molecule has 1 N–H and O–H groups in total. The summed E-state index contributed by atoms with van der Waals surface area (Å²) < 4.78 is 57.9. The molecule has 2 rings (SSSR count). The minimum atomic E-state index is -5.14. The molecule has 3 atom stereocenters. The van der Waals surface area contributed by atoms with E-state index in [0.717, 1.165) is 28.1 Å². The SMILES string of the molecule is CCOC1C(O)N(c2cc(C(C)(F)C(F)(F)F)ccn2)C(=O)N1C. The second kappa shape index (κ2) is 6.17. The Labute approximate surface area is 135 Å². The first kappa shape index (κ1) is 18.4. The zero-order chi connectivity index (χ0) is 18.3. The van der Waals surface area contributed by atoms with Crippen LogP contribution >= 0.6 is 0 Å². The number of pyridine rings is 1. The number of aliphatic hydroxyl groups is 1. The van der Waals surface area contributed by atoms with E-state index in [1.807, 2.05) is 0 Å². The summed E-state index contributed by atoms with van der Waals surface area (Å²) in [5, 5.41) is 10.2. The fourth-order valence-electron chi connectivity index (χ4n) is 2.33. The molecule has 134 valence electrons. The van der Waals surface area contributed by atoms with E-state index in [2.05, 4.69) is 4.98 Å². The van der Waals surface area contributed by atoms with Crippen molar-refractivity contribution in [3.63, 3.8) is 0 Å². The largest absolute Gasteiger partial charge is 0.426 e. The van der Waals surface area contributed by atoms with Crippen molar-refractivity contribution < 1.29 is 32.2 Å². The number of carbonyl (C=O) groups is 1. The maximum atomic E-state index is 14.1. The molecule has 1 saturated heterocycles. The van der Waals surface area contributed by atoms with Gasteiger partial charge in [0.15, 0.2) is 12.5 Å². The second-order valence-electron chi connectivity index (χ2n) is 5.43. The summed E-state index contributed by atoms with van der Waals surface area (Å²) in [7, 11) is 1.37. The molecule has 1 aliphatic rings. The molecule has 1 fully saturated rings. The van der Waals surface area contributed by atoms with Crippen LogP contribution in [0.15, 0.2) is 18.3 Å². The maximum Gasteiger partial charge on any atom is 0.426 e. The molecule has 6 nitrogen and oxygen atoms in total. The number of rotatable bonds is 4. The van der Waals surface area contributed by atoms with Crippen molar-refractivity contribution in [2.24, 2.45) is 0 Å². The van der Waals surface area contributed by atoms with E-state index >= 15 is 0 Å². The standard InChI is InChI=1S/C14H17F4N3O3/c1-4-24-11-10(22)21(12(23)20(11)3)9-7-8(5-6-19-9)13(2,15)14(16,17)18/h5-7,10-11,22H,4H2,1-3H3. The molecule has 2 amide bonds. The van der Waals surface area contributed by atoms with Crippen molar-refractivity contribution in [2.75, 3.05) is 18.6 Å². The number of aromatic nitrogens is 1. The Morgan fingerprint density at radius 2 is 2.00 bits per heavy atom. The molecule has 1 aliphatic heterocycles. The van der Waals surface area contributed by atoms with Crippen LogP contribution in [0.5, 0.6) is 0 Å². The maximum absolute atomic E-state index is 14.1. The van der Waals surface area contributed by atoms with Gasteiger partial charge in [0.2, 0.25) is 5.67 Å². The normalized spacial score (nSPS) is 24.4. The van der Waals surface area contributed by atoms with Gasteiger partial charge < -0.3 is 9.84 Å². The number of hydrogen-bond acceptors (Lipinski definition) is 4. The monoisotopic (exact) mass is 351 g/mol. The zero-order valence-corrected chi connectivity index (χ0v) is 13.2. The Balaban J connectivity index is 2.41. The number of urea groups is 1. The molecular formula is C14H17F4N3O3. The van der Waals surface area contributed by atoms with Crippen LogP contribution in [0.4, 0.5) is 28.2 Å². The fraction of sp³-hybridized carbons (Fsp3) is 0.571. The Morgan fingerprint density at radius 3 is 2.54 bits per heavy atom. The lowest BCUT2D eigenvalue weighted by atomic mass is 9.98. The third-order valence-electron chi connectivity index (χ3n) is 3.81. The number of nitrogens with zero attached hydrogens (tertiary/aromatic N) is 3. The van der Waals surface area contributed by atoms with Crippen LogP contribution in [-0.2, 0) is 10.4 Å². The van der Waals surface area contributed by atoms with Crippen LogP contribution in [0, 0.1) is 0 Å². The number of hydrogen-bond donors (Lipinski definition) is 1. The Hall–Kier alpha value is -1.94. The van der Waals surface area contributed by atoms with Crippen molar-refractivity contribution in [2.45, 2.75) is 38.1 Å². The molecule has 0 aromatic carbocycles. The van der Waals surface area contributed by atoms with E-state index in [-0.39, 0.29) is 12.4 Å². The van der Waals surface area contributed by atoms with E-state index in [4.69, 9.17) is 4.74 Å². The van der Waals surface area contributed by atoms with Gasteiger partial charge in [-0.05, 0) is 26.0 Å². The van der Waals surface area contributed by atoms with Gasteiger partial charge in [0, 0.05) is 25.4 Å². The Morgan fingerprint density at radius 1 is 1.38 bits per heavy atom. The molecular weight excluding hydrogens is 334 g/mol. The highest BCUT2D eigenvalue weighted by Crippen LogP contribution is 2.43. The van der Waals surface area contributed by atoms with E-state index in [9.17, 15) is 27.5 Å². The molecule has 0 radical (unpaired) electrons. The molecule has 0 bridgehead atoms. The topological polar surface area (TPSA) is 65.9 Å². The van der Waals surface area contributed by atoms with Crippen molar-refractivity contribution in [1.29, 1.82) is 0 Å². The predicted octanol–water partition coefficient (Wildman–Crippen LogP) is 2.38. The minimum Gasteiger partial charge on any atom is -0.369 e. The van der Waals surface area contributed by atoms with Gasteiger partial charge in [-0.3, -0.25) is 4.90 Å². The van der Waals surface area contributed by atoms with Crippen LogP contribution in [0.1, 0.15) is 19.4 Å². The summed E-state index contributed by atoms with van der Waals surface area (Å²) in [6.07, 6.45) is -6.68. The molecule has 1 aromatic heterocycles. The van der Waals surface area contributed by atoms with Gasteiger partial charge in [-0.2, -0.15) is 13.2 Å². The predicted molar refractivity (Wildman–Crippen MR) is 75.8 cm³/mol. The quantitative estimate of drug-likeness (QED) is 0.846. The van der Waals surface area contributed by atoms with E-state index in [1.165, 1.54) is 7.05 Å². The van der Waals surface area contributed by atoms with Crippen molar-refractivity contribution >= 4 is 11.8 Å². The van der Waals surface area contributed by atoms with Gasteiger partial charge in [0.25, 0.3) is 0 Å². The number of amides is 2. The van der Waals surface area contributed by atoms with Crippen LogP contribution in [0.2, 0.25) is 0 Å². The summed E-state index contributed by atoms with van der Waals surface area (Å²) in [5.41, 5.74) is -4.34. The smallest absolute Gasteiger partial charge is 0.369 e. The summed E-state index contributed by atoms with van der Waals surface area (Å²) in [6.45, 7) is 2.24. The highest BCUT2D eigenvalue weighted by molar-refractivity contribution is 5.93. The first-order valence-electron chi connectivity index (χ1n) is 7.10. The third kappa shape index (κ3) is 2.91. The van der Waals surface area contributed by atoms with E-state index < -0.39 is 35.9 Å².